The van der Waals surface area contributed by atoms with Crippen LogP contribution in [0.1, 0.15) is 32.3 Å². The average Bonchev–Trinajstić information content (AvgIpc) is 2.59. The zero-order valence-corrected chi connectivity index (χ0v) is 14.3. The molecule has 1 amide bonds. The number of anilines is 1. The molecular formula is C18H24N4O2. The summed E-state index contributed by atoms with van der Waals surface area (Å²) in [5.74, 6) is 1.52. The fourth-order valence-corrected chi connectivity index (χ4v) is 2.10. The van der Waals surface area contributed by atoms with Gasteiger partial charge in [0.25, 0.3) is 5.91 Å². The molecule has 1 aromatic heterocycles. The van der Waals surface area contributed by atoms with E-state index in [9.17, 15) is 4.79 Å². The molecule has 0 aliphatic heterocycles. The number of rotatable bonds is 8. The van der Waals surface area contributed by atoms with Crippen molar-refractivity contribution in [3.8, 4) is 5.75 Å². The summed E-state index contributed by atoms with van der Waals surface area (Å²) in [4.78, 5) is 20.2. The van der Waals surface area contributed by atoms with Crippen LogP contribution in [0.3, 0.4) is 0 Å². The molecule has 1 atom stereocenters. The number of hydrogen-bond donors (Lipinski definition) is 2. The van der Waals surface area contributed by atoms with Gasteiger partial charge in [-0.15, -0.1) is 0 Å². The second-order valence-electron chi connectivity index (χ2n) is 5.78. The maximum absolute atomic E-state index is 12.1. The third-order valence-corrected chi connectivity index (χ3v) is 3.48. The Morgan fingerprint density at radius 2 is 1.88 bits per heavy atom. The molecule has 0 aliphatic carbocycles. The Morgan fingerprint density at radius 3 is 2.58 bits per heavy atom. The Morgan fingerprint density at radius 1 is 1.12 bits per heavy atom. The summed E-state index contributed by atoms with van der Waals surface area (Å²) in [6.07, 6.45) is 2.77. The van der Waals surface area contributed by atoms with Gasteiger partial charge in [-0.25, -0.2) is 9.97 Å². The van der Waals surface area contributed by atoms with Crippen molar-refractivity contribution >= 4 is 11.9 Å². The normalized spacial score (nSPS) is 11.8. The Labute approximate surface area is 142 Å². The lowest BCUT2D eigenvalue weighted by atomic mass is 10.0. The van der Waals surface area contributed by atoms with Crippen LogP contribution in [0.2, 0.25) is 0 Å². The van der Waals surface area contributed by atoms with Crippen LogP contribution in [0.4, 0.5) is 5.95 Å². The maximum atomic E-state index is 12.1. The highest BCUT2D eigenvalue weighted by molar-refractivity contribution is 5.80. The minimum atomic E-state index is -0.555. The highest BCUT2D eigenvalue weighted by Gasteiger charge is 2.14. The number of hydrogen-bond acceptors (Lipinski definition) is 5. The van der Waals surface area contributed by atoms with Gasteiger partial charge in [0.15, 0.2) is 6.10 Å². The molecule has 0 aliphatic rings. The van der Waals surface area contributed by atoms with E-state index < -0.39 is 6.10 Å². The minimum absolute atomic E-state index is 0.152. The minimum Gasteiger partial charge on any atom is -0.481 e. The quantitative estimate of drug-likeness (QED) is 0.729. The summed E-state index contributed by atoms with van der Waals surface area (Å²) >= 11 is 0. The van der Waals surface area contributed by atoms with E-state index >= 15 is 0 Å². The lowest BCUT2D eigenvalue weighted by molar-refractivity contribution is -0.127. The van der Waals surface area contributed by atoms with E-state index in [1.165, 1.54) is 5.56 Å². The SMILES string of the molecule is CC(C)c1cccc(O[C@H](C)C(=O)NCCNc2ncccn2)c1. The Balaban J connectivity index is 1.75. The van der Waals surface area contributed by atoms with E-state index in [1.807, 2.05) is 18.2 Å². The smallest absolute Gasteiger partial charge is 0.260 e. The highest BCUT2D eigenvalue weighted by Crippen LogP contribution is 2.20. The first-order chi connectivity index (χ1) is 11.6. The van der Waals surface area contributed by atoms with E-state index in [0.717, 1.165) is 0 Å². The Hall–Kier alpha value is -2.63. The molecule has 0 saturated carbocycles. The first kappa shape index (κ1) is 17.7. The first-order valence-electron chi connectivity index (χ1n) is 8.11. The van der Waals surface area contributed by atoms with Gasteiger partial charge in [-0.05, 0) is 36.6 Å². The lowest BCUT2D eigenvalue weighted by Gasteiger charge is -2.16. The van der Waals surface area contributed by atoms with Gasteiger partial charge < -0.3 is 15.4 Å². The van der Waals surface area contributed by atoms with Gasteiger partial charge in [-0.2, -0.15) is 0 Å². The zero-order chi connectivity index (χ0) is 17.4. The van der Waals surface area contributed by atoms with Crippen LogP contribution < -0.4 is 15.4 Å². The van der Waals surface area contributed by atoms with Crippen LogP contribution in [-0.4, -0.2) is 35.1 Å². The molecule has 0 bridgehead atoms. The van der Waals surface area contributed by atoms with Crippen molar-refractivity contribution < 1.29 is 9.53 Å². The predicted octanol–water partition coefficient (Wildman–Crippen LogP) is 2.60. The van der Waals surface area contributed by atoms with E-state index in [1.54, 1.807) is 25.4 Å². The number of amides is 1. The fourth-order valence-electron chi connectivity index (χ4n) is 2.10. The van der Waals surface area contributed by atoms with Crippen LogP contribution in [0.25, 0.3) is 0 Å². The van der Waals surface area contributed by atoms with Crippen LogP contribution in [0.5, 0.6) is 5.75 Å². The van der Waals surface area contributed by atoms with Gasteiger partial charge in [-0.3, -0.25) is 4.79 Å². The van der Waals surface area contributed by atoms with Gasteiger partial charge in [0.2, 0.25) is 5.95 Å². The first-order valence-corrected chi connectivity index (χ1v) is 8.11. The molecule has 0 radical (unpaired) electrons. The topological polar surface area (TPSA) is 76.1 Å². The van der Waals surface area contributed by atoms with Crippen LogP contribution in [-0.2, 0) is 4.79 Å². The molecule has 2 N–H and O–H groups in total. The van der Waals surface area contributed by atoms with Crippen molar-refractivity contribution in [2.24, 2.45) is 0 Å². The van der Waals surface area contributed by atoms with Gasteiger partial charge in [0.1, 0.15) is 5.75 Å². The summed E-state index contributed by atoms with van der Waals surface area (Å²) in [7, 11) is 0. The molecule has 0 fully saturated rings. The molecule has 6 heteroatoms. The molecule has 2 aromatic rings. The van der Waals surface area contributed by atoms with Crippen LogP contribution in [0.15, 0.2) is 42.7 Å². The molecular weight excluding hydrogens is 304 g/mol. The molecule has 1 aromatic carbocycles. The van der Waals surface area contributed by atoms with Crippen molar-refractivity contribution in [1.82, 2.24) is 15.3 Å². The molecule has 1 heterocycles. The third-order valence-electron chi connectivity index (χ3n) is 3.48. The maximum Gasteiger partial charge on any atom is 0.260 e. The van der Waals surface area contributed by atoms with Gasteiger partial charge in [-0.1, -0.05) is 26.0 Å². The number of aromatic nitrogens is 2. The van der Waals surface area contributed by atoms with E-state index in [2.05, 4.69) is 40.5 Å². The van der Waals surface area contributed by atoms with Crippen molar-refractivity contribution in [2.75, 3.05) is 18.4 Å². The molecule has 0 spiro atoms. The summed E-state index contributed by atoms with van der Waals surface area (Å²) < 4.78 is 5.73. The molecule has 0 saturated heterocycles. The largest absolute Gasteiger partial charge is 0.481 e. The molecule has 0 unspecified atom stereocenters. The predicted molar refractivity (Wildman–Crippen MR) is 94.2 cm³/mol. The number of carbonyl (C=O) groups excluding carboxylic acids is 1. The number of nitrogens with zero attached hydrogens (tertiary/aromatic N) is 2. The number of ether oxygens (including phenoxy) is 1. The summed E-state index contributed by atoms with van der Waals surface area (Å²) in [6, 6.07) is 9.59. The average molecular weight is 328 g/mol. The molecule has 2 rings (SSSR count). The highest BCUT2D eigenvalue weighted by atomic mass is 16.5. The second kappa shape index (κ2) is 8.86. The molecule has 6 nitrogen and oxygen atoms in total. The number of benzene rings is 1. The van der Waals surface area contributed by atoms with Crippen LogP contribution in [0, 0.1) is 0 Å². The van der Waals surface area contributed by atoms with Gasteiger partial charge in [0.05, 0.1) is 0 Å². The van der Waals surface area contributed by atoms with E-state index in [0.29, 0.717) is 30.7 Å². The van der Waals surface area contributed by atoms with Crippen LogP contribution >= 0.6 is 0 Å². The van der Waals surface area contributed by atoms with Gasteiger partial charge in [0, 0.05) is 25.5 Å². The van der Waals surface area contributed by atoms with Crippen molar-refractivity contribution in [3.05, 3.63) is 48.3 Å². The summed E-state index contributed by atoms with van der Waals surface area (Å²) in [5.41, 5.74) is 1.19. The lowest BCUT2D eigenvalue weighted by Crippen LogP contribution is -2.38. The third kappa shape index (κ3) is 5.53. The number of nitrogens with one attached hydrogen (secondary N) is 2. The summed E-state index contributed by atoms with van der Waals surface area (Å²) in [6.45, 7) is 7.00. The van der Waals surface area contributed by atoms with Gasteiger partial charge >= 0.3 is 0 Å². The Kier molecular flexibility index (Phi) is 6.54. The standard InChI is InChI=1S/C18H24N4O2/c1-13(2)15-6-4-7-16(12-15)24-14(3)17(23)19-10-11-22-18-20-8-5-9-21-18/h4-9,12-14H,10-11H2,1-3H3,(H,19,23)(H,20,21,22)/t14-/m1/s1. The monoisotopic (exact) mass is 328 g/mol. The van der Waals surface area contributed by atoms with E-state index in [-0.39, 0.29) is 5.91 Å². The number of carbonyl (C=O) groups is 1. The fraction of sp³-hybridized carbons (Fsp3) is 0.389. The van der Waals surface area contributed by atoms with Crippen molar-refractivity contribution in [3.63, 3.8) is 0 Å². The molecule has 24 heavy (non-hydrogen) atoms. The van der Waals surface area contributed by atoms with Crippen molar-refractivity contribution in [2.45, 2.75) is 32.8 Å². The summed E-state index contributed by atoms with van der Waals surface area (Å²) in [5, 5.41) is 5.86. The zero-order valence-electron chi connectivity index (χ0n) is 14.3. The van der Waals surface area contributed by atoms with Crippen molar-refractivity contribution in [1.29, 1.82) is 0 Å². The second-order valence-corrected chi connectivity index (χ2v) is 5.78. The molecule has 128 valence electrons. The van der Waals surface area contributed by atoms with E-state index in [4.69, 9.17) is 4.74 Å². The Bertz CT molecular complexity index is 646.